The molecule has 3 fully saturated rings. The fourth-order valence-corrected chi connectivity index (χ4v) is 3.84. The number of nitrogens with zero attached hydrogens (tertiary/aromatic N) is 3. The number of hydrogen-bond donors (Lipinski definition) is 1. The molecule has 0 radical (unpaired) electrons. The van der Waals surface area contributed by atoms with Crippen LogP contribution in [0.3, 0.4) is 0 Å². The van der Waals surface area contributed by atoms with Crippen molar-refractivity contribution in [1.82, 2.24) is 20.1 Å². The quantitative estimate of drug-likeness (QED) is 0.925. The zero-order valence-corrected chi connectivity index (χ0v) is 13.8. The summed E-state index contributed by atoms with van der Waals surface area (Å²) in [6.07, 6.45) is 7.78. The van der Waals surface area contributed by atoms with Gasteiger partial charge in [0.15, 0.2) is 5.89 Å². The lowest BCUT2D eigenvalue weighted by molar-refractivity contribution is 0.188. The highest BCUT2D eigenvalue weighted by Crippen LogP contribution is 2.39. The molecule has 2 amide bonds. The Morgan fingerprint density at radius 3 is 2.91 bits per heavy atom. The van der Waals surface area contributed by atoms with Crippen LogP contribution in [0.5, 0.6) is 0 Å². The maximum Gasteiger partial charge on any atom is 0.318 e. The minimum Gasteiger partial charge on any atom is -0.444 e. The van der Waals surface area contributed by atoms with E-state index in [0.717, 1.165) is 24.6 Å². The van der Waals surface area contributed by atoms with Gasteiger partial charge in [0, 0.05) is 24.5 Å². The third kappa shape index (κ3) is 3.22. The van der Waals surface area contributed by atoms with Crippen LogP contribution < -0.4 is 5.32 Å². The zero-order valence-electron chi connectivity index (χ0n) is 13.8. The van der Waals surface area contributed by atoms with Gasteiger partial charge < -0.3 is 14.6 Å². The van der Waals surface area contributed by atoms with Gasteiger partial charge in [0.25, 0.3) is 0 Å². The second-order valence-electron chi connectivity index (χ2n) is 7.23. The lowest BCUT2D eigenvalue weighted by Gasteiger charge is -2.24. The number of carbonyl (C=O) groups excluding carboxylic acids is 1. The Kier molecular flexibility index (Phi) is 4.01. The monoisotopic (exact) mass is 318 g/mol. The molecule has 3 aliphatic rings. The maximum atomic E-state index is 12.5. The second-order valence-corrected chi connectivity index (χ2v) is 7.23. The van der Waals surface area contributed by atoms with Crippen molar-refractivity contribution in [2.45, 2.75) is 63.6 Å². The largest absolute Gasteiger partial charge is 0.444 e. The molecule has 1 aromatic rings. The molecule has 0 spiro atoms. The van der Waals surface area contributed by atoms with Crippen LogP contribution in [-0.2, 0) is 6.54 Å². The average Bonchev–Trinajstić information content (AvgIpc) is 2.96. The van der Waals surface area contributed by atoms with Crippen LogP contribution in [0.2, 0.25) is 0 Å². The van der Waals surface area contributed by atoms with Crippen LogP contribution in [0.25, 0.3) is 0 Å². The van der Waals surface area contributed by atoms with Gasteiger partial charge in [-0.15, -0.1) is 0 Å². The molecule has 6 heteroatoms. The molecule has 2 aliphatic heterocycles. The normalized spacial score (nSPS) is 28.5. The molecule has 3 heterocycles. The molecule has 1 N–H and O–H groups in total. The first kappa shape index (κ1) is 15.0. The van der Waals surface area contributed by atoms with E-state index < -0.39 is 0 Å². The molecular formula is C17H26N4O2. The summed E-state index contributed by atoms with van der Waals surface area (Å²) < 4.78 is 5.70. The first-order valence-electron chi connectivity index (χ1n) is 8.94. The Morgan fingerprint density at radius 2 is 2.17 bits per heavy atom. The highest BCUT2D eigenvalue weighted by molar-refractivity contribution is 5.74. The Balaban J connectivity index is 1.29. The zero-order chi connectivity index (χ0) is 15.8. The van der Waals surface area contributed by atoms with Gasteiger partial charge in [-0.2, -0.15) is 0 Å². The van der Waals surface area contributed by atoms with Gasteiger partial charge in [-0.3, -0.25) is 4.90 Å². The number of urea groups is 1. The average molecular weight is 318 g/mol. The molecule has 1 saturated carbocycles. The van der Waals surface area contributed by atoms with Crippen molar-refractivity contribution in [3.05, 3.63) is 17.8 Å². The molecule has 1 aliphatic carbocycles. The molecule has 23 heavy (non-hydrogen) atoms. The summed E-state index contributed by atoms with van der Waals surface area (Å²) in [5.41, 5.74) is 0. The van der Waals surface area contributed by atoms with E-state index in [-0.39, 0.29) is 6.03 Å². The fraction of sp³-hybridized carbons (Fsp3) is 0.765. The van der Waals surface area contributed by atoms with Crippen molar-refractivity contribution in [2.24, 2.45) is 0 Å². The maximum absolute atomic E-state index is 12.5. The second kappa shape index (κ2) is 6.15. The number of hydrogen-bond acceptors (Lipinski definition) is 4. The van der Waals surface area contributed by atoms with Crippen molar-refractivity contribution < 1.29 is 9.21 Å². The highest BCUT2D eigenvalue weighted by Gasteiger charge is 2.36. The van der Waals surface area contributed by atoms with Gasteiger partial charge in [-0.25, -0.2) is 9.78 Å². The van der Waals surface area contributed by atoms with Crippen LogP contribution in [-0.4, -0.2) is 52.5 Å². The van der Waals surface area contributed by atoms with Crippen LogP contribution in [0, 0.1) is 0 Å². The van der Waals surface area contributed by atoms with Gasteiger partial charge in [-0.05, 0) is 52.1 Å². The van der Waals surface area contributed by atoms with Crippen LogP contribution in [0.4, 0.5) is 4.79 Å². The molecule has 0 aromatic carbocycles. The summed E-state index contributed by atoms with van der Waals surface area (Å²) in [5.74, 6) is 2.10. The third-order valence-electron chi connectivity index (χ3n) is 5.38. The summed E-state index contributed by atoms with van der Waals surface area (Å²) >= 11 is 0. The Hall–Kier alpha value is -1.56. The van der Waals surface area contributed by atoms with Crippen LogP contribution in [0.1, 0.15) is 56.6 Å². The fourth-order valence-electron chi connectivity index (χ4n) is 3.84. The summed E-state index contributed by atoms with van der Waals surface area (Å²) in [6.45, 7) is 5.80. The van der Waals surface area contributed by atoms with Crippen molar-refractivity contribution in [3.8, 4) is 0 Å². The van der Waals surface area contributed by atoms with Crippen LogP contribution >= 0.6 is 0 Å². The Labute approximate surface area is 137 Å². The van der Waals surface area contributed by atoms with Crippen molar-refractivity contribution >= 4 is 6.03 Å². The molecular weight excluding hydrogens is 292 g/mol. The molecule has 4 rings (SSSR count). The van der Waals surface area contributed by atoms with Crippen molar-refractivity contribution in [3.63, 3.8) is 0 Å². The van der Waals surface area contributed by atoms with Gasteiger partial charge in [0.2, 0.25) is 0 Å². The summed E-state index contributed by atoms with van der Waals surface area (Å²) in [7, 11) is 0. The minimum atomic E-state index is 0.0172. The van der Waals surface area contributed by atoms with Gasteiger partial charge in [0.05, 0.1) is 12.7 Å². The molecule has 126 valence electrons. The topological polar surface area (TPSA) is 61.6 Å². The number of aromatic nitrogens is 1. The summed E-state index contributed by atoms with van der Waals surface area (Å²) in [6, 6.07) is 0.853. The van der Waals surface area contributed by atoms with E-state index in [1.54, 1.807) is 6.20 Å². The Bertz CT molecular complexity index is 563. The third-order valence-corrected chi connectivity index (χ3v) is 5.38. The predicted octanol–water partition coefficient (Wildman–Crippen LogP) is 2.32. The smallest absolute Gasteiger partial charge is 0.318 e. The van der Waals surface area contributed by atoms with E-state index in [1.807, 2.05) is 4.90 Å². The van der Waals surface area contributed by atoms with E-state index in [1.165, 1.54) is 38.8 Å². The van der Waals surface area contributed by atoms with Gasteiger partial charge in [-0.1, -0.05) is 0 Å². The molecule has 0 bridgehead atoms. The lowest BCUT2D eigenvalue weighted by atomic mass is 10.2. The van der Waals surface area contributed by atoms with Crippen molar-refractivity contribution in [1.29, 1.82) is 0 Å². The van der Waals surface area contributed by atoms with E-state index in [2.05, 4.69) is 22.1 Å². The first-order chi connectivity index (χ1) is 11.2. The Morgan fingerprint density at radius 1 is 1.39 bits per heavy atom. The van der Waals surface area contributed by atoms with Crippen molar-refractivity contribution in [2.75, 3.05) is 19.6 Å². The number of amides is 2. The minimum absolute atomic E-state index is 0.0172. The van der Waals surface area contributed by atoms with E-state index >= 15 is 0 Å². The van der Waals surface area contributed by atoms with E-state index in [9.17, 15) is 4.79 Å². The standard InChI is InChI=1S/C17H26N4O2/c1-12-8-14(20-6-2-3-7-20)11-21(12)17(22)19-10-15-9-18-16(23-15)13-4-5-13/h9,12-14H,2-8,10-11H2,1H3,(H,19,22)/t12-,14+/m1/s1. The molecule has 1 aromatic heterocycles. The first-order valence-corrected chi connectivity index (χ1v) is 8.94. The summed E-state index contributed by atoms with van der Waals surface area (Å²) in [5, 5.41) is 2.99. The number of nitrogens with one attached hydrogen (secondary N) is 1. The highest BCUT2D eigenvalue weighted by atomic mass is 16.4. The number of carbonyl (C=O) groups is 1. The number of oxazole rings is 1. The SMILES string of the molecule is C[C@@H]1C[C@H](N2CCCC2)CN1C(=O)NCc1cnc(C2CC2)o1. The lowest BCUT2D eigenvalue weighted by Crippen LogP contribution is -2.43. The molecule has 2 atom stereocenters. The molecule has 6 nitrogen and oxygen atoms in total. The van der Waals surface area contributed by atoms with Crippen LogP contribution in [0.15, 0.2) is 10.6 Å². The van der Waals surface area contributed by atoms with E-state index in [4.69, 9.17) is 4.42 Å². The van der Waals surface area contributed by atoms with Gasteiger partial charge in [0.1, 0.15) is 5.76 Å². The summed E-state index contributed by atoms with van der Waals surface area (Å²) in [4.78, 5) is 21.3. The van der Waals surface area contributed by atoms with Gasteiger partial charge >= 0.3 is 6.03 Å². The number of rotatable bonds is 4. The predicted molar refractivity (Wildman–Crippen MR) is 86.1 cm³/mol. The van der Waals surface area contributed by atoms with E-state index in [0.29, 0.717) is 24.5 Å². The molecule has 0 unspecified atom stereocenters. The molecule has 2 saturated heterocycles. The number of likely N-dealkylation sites (tertiary alicyclic amines) is 2.